The van der Waals surface area contributed by atoms with E-state index < -0.39 is 15.6 Å². The van der Waals surface area contributed by atoms with Gasteiger partial charge >= 0.3 is 10.1 Å². The number of aryl methyl sites for hydroxylation is 1. The Labute approximate surface area is 183 Å². The van der Waals surface area contributed by atoms with Gasteiger partial charge in [-0.25, -0.2) is 0 Å². The molecule has 0 spiro atoms. The molecule has 0 aromatic heterocycles. The maximum Gasteiger partial charge on any atom is 0.303 e. The van der Waals surface area contributed by atoms with Crippen LogP contribution in [0.1, 0.15) is 103 Å². The molecule has 1 aromatic carbocycles. The number of rotatable bonds is 14. The quantitative estimate of drug-likeness (QED) is 0.257. The van der Waals surface area contributed by atoms with Gasteiger partial charge in [0.15, 0.2) is 0 Å². The summed E-state index contributed by atoms with van der Waals surface area (Å²) in [4.78, 5) is 0. The van der Waals surface area contributed by atoms with Crippen molar-refractivity contribution in [2.75, 3.05) is 0 Å². The molecule has 0 amide bonds. The molecule has 1 aliphatic heterocycles. The Balaban J connectivity index is 1.89. The van der Waals surface area contributed by atoms with Crippen molar-refractivity contribution in [2.24, 2.45) is 0 Å². The van der Waals surface area contributed by atoms with Gasteiger partial charge in [0.1, 0.15) is 17.1 Å². The summed E-state index contributed by atoms with van der Waals surface area (Å²) >= 11 is 0. The van der Waals surface area contributed by atoms with Crippen molar-refractivity contribution in [3.8, 4) is 11.5 Å². The van der Waals surface area contributed by atoms with Crippen LogP contribution in [0.3, 0.4) is 0 Å². The lowest BCUT2D eigenvalue weighted by Gasteiger charge is -2.36. The third-order valence-electron chi connectivity index (χ3n) is 6.01. The number of hydrogen-bond donors (Lipinski definition) is 1. The molecule has 6 heteroatoms. The van der Waals surface area contributed by atoms with E-state index in [2.05, 4.69) is 13.8 Å². The highest BCUT2D eigenvalue weighted by Crippen LogP contribution is 2.38. The molecule has 0 aliphatic carbocycles. The number of benzene rings is 1. The summed E-state index contributed by atoms with van der Waals surface area (Å²) in [7, 11) is -4.25. The first-order valence-corrected chi connectivity index (χ1v) is 13.2. The van der Waals surface area contributed by atoms with E-state index >= 15 is 0 Å². The maximum absolute atomic E-state index is 11.6. The highest BCUT2D eigenvalue weighted by atomic mass is 32.2. The molecule has 5 nitrogen and oxygen atoms in total. The highest BCUT2D eigenvalue weighted by molar-refractivity contribution is 7.86. The van der Waals surface area contributed by atoms with E-state index in [4.69, 9.17) is 9.47 Å². The second-order valence-corrected chi connectivity index (χ2v) is 10.5. The van der Waals surface area contributed by atoms with Gasteiger partial charge in [0.2, 0.25) is 5.44 Å². The van der Waals surface area contributed by atoms with E-state index in [1.165, 1.54) is 44.9 Å². The molecule has 0 fully saturated rings. The van der Waals surface area contributed by atoms with E-state index in [0.717, 1.165) is 37.0 Å². The first kappa shape index (κ1) is 25.0. The first-order valence-electron chi connectivity index (χ1n) is 11.7. The van der Waals surface area contributed by atoms with Crippen LogP contribution in [0.5, 0.6) is 11.5 Å². The van der Waals surface area contributed by atoms with Crippen LogP contribution >= 0.6 is 0 Å². The van der Waals surface area contributed by atoms with E-state index in [1.807, 2.05) is 19.1 Å². The molecule has 0 radical (unpaired) electrons. The molecule has 1 heterocycles. The van der Waals surface area contributed by atoms with Crippen molar-refractivity contribution in [1.82, 2.24) is 0 Å². The molecular formula is C24H40O5S. The van der Waals surface area contributed by atoms with Crippen LogP contribution in [-0.4, -0.2) is 24.0 Å². The number of fused-ring (bicyclic) bond motifs is 1. The van der Waals surface area contributed by atoms with E-state index in [9.17, 15) is 13.0 Å². The van der Waals surface area contributed by atoms with Gasteiger partial charge in [-0.1, -0.05) is 58.8 Å². The van der Waals surface area contributed by atoms with Crippen molar-refractivity contribution < 1.29 is 22.4 Å². The Morgan fingerprint density at radius 3 is 2.40 bits per heavy atom. The van der Waals surface area contributed by atoms with Crippen LogP contribution in [-0.2, 0) is 16.5 Å². The fourth-order valence-corrected chi connectivity index (χ4v) is 4.76. The monoisotopic (exact) mass is 440 g/mol. The van der Waals surface area contributed by atoms with Crippen LogP contribution in [0.25, 0.3) is 0 Å². The van der Waals surface area contributed by atoms with Gasteiger partial charge in [0.25, 0.3) is 0 Å². The van der Waals surface area contributed by atoms with Crippen molar-refractivity contribution in [3.63, 3.8) is 0 Å². The fraction of sp³-hybridized carbons (Fsp3) is 0.750. The summed E-state index contributed by atoms with van der Waals surface area (Å²) in [5, 5.41) is 0. The van der Waals surface area contributed by atoms with Gasteiger partial charge in [-0.15, -0.1) is 0 Å². The minimum Gasteiger partial charge on any atom is -0.487 e. The van der Waals surface area contributed by atoms with Gasteiger partial charge in [0, 0.05) is 6.42 Å². The Bertz CT molecular complexity index is 746. The van der Waals surface area contributed by atoms with Crippen LogP contribution in [0, 0.1) is 0 Å². The standard InChI is InChI=1S/C24H40O5S/c1-4-6-8-9-10-11-12-17-24(3)18-16-20-19-21(14-15-22(20)29-24)28-23(13-7-5-2)30(25,26)27/h14-15,19,23H,4-13,16-18H2,1-3H3,(H,25,26,27). The summed E-state index contributed by atoms with van der Waals surface area (Å²) in [6.45, 7) is 6.41. The molecule has 172 valence electrons. The molecule has 2 atom stereocenters. The van der Waals surface area contributed by atoms with Crippen LogP contribution < -0.4 is 9.47 Å². The second kappa shape index (κ2) is 11.9. The smallest absolute Gasteiger partial charge is 0.303 e. The van der Waals surface area contributed by atoms with Gasteiger partial charge in [-0.05, 0) is 62.8 Å². The summed E-state index contributed by atoms with van der Waals surface area (Å²) in [5.74, 6) is 1.32. The molecular weight excluding hydrogens is 400 g/mol. The second-order valence-electron chi connectivity index (χ2n) is 8.90. The molecule has 30 heavy (non-hydrogen) atoms. The fourth-order valence-electron chi connectivity index (χ4n) is 4.06. The largest absolute Gasteiger partial charge is 0.487 e. The summed E-state index contributed by atoms with van der Waals surface area (Å²) in [5.41, 5.74) is -0.326. The number of ether oxygens (including phenoxy) is 2. The van der Waals surface area contributed by atoms with Crippen LogP contribution in [0.4, 0.5) is 0 Å². The lowest BCUT2D eigenvalue weighted by atomic mass is 9.88. The lowest BCUT2D eigenvalue weighted by molar-refractivity contribution is 0.0532. The minimum atomic E-state index is -4.25. The molecule has 0 saturated carbocycles. The Morgan fingerprint density at radius 1 is 1.07 bits per heavy atom. The topological polar surface area (TPSA) is 72.8 Å². The number of unbranched alkanes of at least 4 members (excludes halogenated alkanes) is 7. The third-order valence-corrected chi connectivity index (χ3v) is 7.01. The van der Waals surface area contributed by atoms with Gasteiger partial charge < -0.3 is 9.47 Å². The number of hydrogen-bond acceptors (Lipinski definition) is 4. The molecule has 0 saturated heterocycles. The lowest BCUT2D eigenvalue weighted by Crippen LogP contribution is -2.36. The molecule has 1 N–H and O–H groups in total. The normalized spacial score (nSPS) is 19.7. The van der Waals surface area contributed by atoms with E-state index in [1.54, 1.807) is 6.07 Å². The predicted octanol–water partition coefficient (Wildman–Crippen LogP) is 6.69. The zero-order valence-corrected chi connectivity index (χ0v) is 19.8. The Hall–Kier alpha value is -1.27. The van der Waals surface area contributed by atoms with E-state index in [0.29, 0.717) is 12.2 Å². The van der Waals surface area contributed by atoms with Crippen molar-refractivity contribution in [2.45, 2.75) is 115 Å². The van der Waals surface area contributed by atoms with Gasteiger partial charge in [0.05, 0.1) is 0 Å². The SMILES string of the molecule is CCCCCCCCCC1(C)CCc2cc(OC(CCCC)S(=O)(=O)O)ccc2O1. The highest BCUT2D eigenvalue weighted by Gasteiger charge is 2.31. The van der Waals surface area contributed by atoms with E-state index in [-0.39, 0.29) is 12.0 Å². The Morgan fingerprint density at radius 2 is 1.73 bits per heavy atom. The molecule has 2 unspecified atom stereocenters. The van der Waals surface area contributed by atoms with Crippen molar-refractivity contribution in [3.05, 3.63) is 23.8 Å². The molecule has 1 aromatic rings. The van der Waals surface area contributed by atoms with Crippen molar-refractivity contribution in [1.29, 1.82) is 0 Å². The Kier molecular flexibility index (Phi) is 9.95. The molecule has 0 bridgehead atoms. The van der Waals surface area contributed by atoms with Gasteiger partial charge in [-0.3, -0.25) is 4.55 Å². The average Bonchev–Trinajstić information content (AvgIpc) is 2.69. The van der Waals surface area contributed by atoms with Gasteiger partial charge in [-0.2, -0.15) is 8.42 Å². The summed E-state index contributed by atoms with van der Waals surface area (Å²) < 4.78 is 44.7. The zero-order chi connectivity index (χ0) is 22.0. The van der Waals surface area contributed by atoms with Crippen LogP contribution in [0.2, 0.25) is 0 Å². The average molecular weight is 441 g/mol. The third kappa shape index (κ3) is 8.10. The van der Waals surface area contributed by atoms with Crippen LogP contribution in [0.15, 0.2) is 18.2 Å². The van der Waals surface area contributed by atoms with Crippen molar-refractivity contribution >= 4 is 10.1 Å². The molecule has 2 rings (SSSR count). The molecule has 1 aliphatic rings. The summed E-state index contributed by atoms with van der Waals surface area (Å²) in [6, 6.07) is 5.46. The predicted molar refractivity (Wildman–Crippen MR) is 122 cm³/mol. The first-order chi connectivity index (χ1) is 14.3. The minimum absolute atomic E-state index is 0.142. The summed E-state index contributed by atoms with van der Waals surface area (Å²) in [6.07, 6.45) is 13.7. The maximum atomic E-state index is 11.6. The zero-order valence-electron chi connectivity index (χ0n) is 19.0.